The number of piperazine rings is 1. The van der Waals surface area contributed by atoms with Gasteiger partial charge in [-0.25, -0.2) is 0 Å². The molecule has 2 amide bonds. The van der Waals surface area contributed by atoms with Crippen LogP contribution in [-0.2, 0) is 11.2 Å². The molecule has 0 aromatic heterocycles. The zero-order chi connectivity index (χ0) is 20.8. The number of nitrogens with zero attached hydrogens (tertiary/aromatic N) is 3. The Balaban J connectivity index is 0.00000320. The second kappa shape index (κ2) is 11.0. The Bertz CT molecular complexity index is 842. The van der Waals surface area contributed by atoms with Crippen molar-refractivity contribution in [2.45, 2.75) is 27.2 Å². The molecule has 1 heterocycles. The summed E-state index contributed by atoms with van der Waals surface area (Å²) in [5, 5.41) is 0. The zero-order valence-corrected chi connectivity index (χ0v) is 19.0. The maximum Gasteiger partial charge on any atom is 0.253 e. The van der Waals surface area contributed by atoms with Crippen molar-refractivity contribution in [2.24, 2.45) is 0 Å². The van der Waals surface area contributed by atoms with Crippen molar-refractivity contribution >= 4 is 29.9 Å². The fraction of sp³-hybridized carbons (Fsp3) is 0.417. The van der Waals surface area contributed by atoms with E-state index in [-0.39, 0.29) is 24.2 Å². The highest BCUT2D eigenvalue weighted by Gasteiger charge is 2.20. The molecular weight excluding hydrogens is 398 g/mol. The molecule has 1 aliphatic rings. The standard InChI is InChI=1S/C24H31N3O2.ClH/c1-4-25(5-2)24(29)21-12-10-20(11-13-21)18-22-8-6-7-9-23(22)27-16-14-26(15-17-27)19(3)28;/h6-13H,4-5,14-18H2,1-3H3;1H. The molecule has 0 saturated carbocycles. The molecular formula is C24H32ClN3O2. The van der Waals surface area contributed by atoms with Crippen LogP contribution in [0.25, 0.3) is 0 Å². The van der Waals surface area contributed by atoms with E-state index in [0.717, 1.165) is 51.3 Å². The lowest BCUT2D eigenvalue weighted by molar-refractivity contribution is -0.129. The summed E-state index contributed by atoms with van der Waals surface area (Å²) in [4.78, 5) is 30.2. The molecule has 0 atom stereocenters. The first-order valence-corrected chi connectivity index (χ1v) is 10.5. The van der Waals surface area contributed by atoms with E-state index >= 15 is 0 Å². The molecule has 2 aromatic carbocycles. The van der Waals surface area contributed by atoms with Crippen LogP contribution in [0.2, 0.25) is 0 Å². The van der Waals surface area contributed by atoms with Gasteiger partial charge in [0.15, 0.2) is 0 Å². The predicted octanol–water partition coefficient (Wildman–Crippen LogP) is 3.85. The number of carbonyl (C=O) groups excluding carboxylic acids is 2. The quantitative estimate of drug-likeness (QED) is 0.700. The van der Waals surface area contributed by atoms with E-state index in [2.05, 4.69) is 41.3 Å². The number of hydrogen-bond acceptors (Lipinski definition) is 3. The first-order valence-electron chi connectivity index (χ1n) is 10.5. The molecule has 162 valence electrons. The molecule has 3 rings (SSSR count). The van der Waals surface area contributed by atoms with Crippen LogP contribution >= 0.6 is 12.4 Å². The van der Waals surface area contributed by atoms with Crippen molar-refractivity contribution in [2.75, 3.05) is 44.2 Å². The molecule has 30 heavy (non-hydrogen) atoms. The van der Waals surface area contributed by atoms with Gasteiger partial charge in [0.1, 0.15) is 0 Å². The topological polar surface area (TPSA) is 43.9 Å². The summed E-state index contributed by atoms with van der Waals surface area (Å²) in [5.74, 6) is 0.238. The van der Waals surface area contributed by atoms with E-state index in [1.807, 2.05) is 35.8 Å². The number of para-hydroxylation sites is 1. The molecule has 0 aliphatic carbocycles. The lowest BCUT2D eigenvalue weighted by atomic mass is 10.0. The maximum atomic E-state index is 12.5. The summed E-state index contributed by atoms with van der Waals surface area (Å²) < 4.78 is 0. The summed E-state index contributed by atoms with van der Waals surface area (Å²) in [5.41, 5.74) is 4.44. The third kappa shape index (κ3) is 5.54. The molecule has 2 aromatic rings. The van der Waals surface area contributed by atoms with E-state index in [4.69, 9.17) is 0 Å². The number of hydrogen-bond donors (Lipinski definition) is 0. The maximum absolute atomic E-state index is 12.5. The smallest absolute Gasteiger partial charge is 0.253 e. The number of amides is 2. The van der Waals surface area contributed by atoms with Crippen LogP contribution in [0.1, 0.15) is 42.3 Å². The molecule has 0 radical (unpaired) electrons. The molecule has 1 saturated heterocycles. The number of halogens is 1. The number of benzene rings is 2. The van der Waals surface area contributed by atoms with Crippen LogP contribution in [-0.4, -0.2) is 60.9 Å². The Labute approximate surface area is 186 Å². The Hall–Kier alpha value is -2.53. The van der Waals surface area contributed by atoms with Crippen molar-refractivity contribution in [3.63, 3.8) is 0 Å². The van der Waals surface area contributed by atoms with E-state index < -0.39 is 0 Å². The largest absolute Gasteiger partial charge is 0.368 e. The summed E-state index contributed by atoms with van der Waals surface area (Å²) in [6.45, 7) is 10.3. The molecule has 0 bridgehead atoms. The summed E-state index contributed by atoms with van der Waals surface area (Å²) in [6, 6.07) is 16.5. The molecule has 1 fully saturated rings. The zero-order valence-electron chi connectivity index (χ0n) is 18.1. The second-order valence-corrected chi connectivity index (χ2v) is 7.47. The van der Waals surface area contributed by atoms with E-state index in [0.29, 0.717) is 0 Å². The van der Waals surface area contributed by atoms with Crippen LogP contribution < -0.4 is 4.90 Å². The van der Waals surface area contributed by atoms with Gasteiger partial charge in [-0.05, 0) is 49.6 Å². The van der Waals surface area contributed by atoms with Crippen molar-refractivity contribution in [1.29, 1.82) is 0 Å². The summed E-state index contributed by atoms with van der Waals surface area (Å²) in [6.07, 6.45) is 0.822. The Morgan fingerprint density at radius 1 is 0.900 bits per heavy atom. The molecule has 0 N–H and O–H groups in total. The molecule has 0 unspecified atom stereocenters. The predicted molar refractivity (Wildman–Crippen MR) is 125 cm³/mol. The number of carbonyl (C=O) groups is 2. The van der Waals surface area contributed by atoms with Gasteiger partial charge in [0, 0.05) is 57.4 Å². The molecule has 0 spiro atoms. The Morgan fingerprint density at radius 3 is 2.07 bits per heavy atom. The van der Waals surface area contributed by atoms with Crippen molar-refractivity contribution < 1.29 is 9.59 Å². The van der Waals surface area contributed by atoms with E-state index in [1.54, 1.807) is 6.92 Å². The minimum Gasteiger partial charge on any atom is -0.368 e. The Morgan fingerprint density at radius 2 is 1.50 bits per heavy atom. The van der Waals surface area contributed by atoms with Gasteiger partial charge < -0.3 is 14.7 Å². The SMILES string of the molecule is CCN(CC)C(=O)c1ccc(Cc2ccccc2N2CCN(C(C)=O)CC2)cc1.Cl. The van der Waals surface area contributed by atoms with Gasteiger partial charge in [0.05, 0.1) is 0 Å². The highest BCUT2D eigenvalue weighted by molar-refractivity contribution is 5.94. The molecule has 1 aliphatic heterocycles. The van der Waals surface area contributed by atoms with Gasteiger partial charge in [-0.1, -0.05) is 30.3 Å². The molecule has 6 heteroatoms. The van der Waals surface area contributed by atoms with Gasteiger partial charge in [0.25, 0.3) is 5.91 Å². The minimum absolute atomic E-state index is 0. The number of rotatable bonds is 6. The van der Waals surface area contributed by atoms with Crippen molar-refractivity contribution in [3.05, 3.63) is 65.2 Å². The van der Waals surface area contributed by atoms with E-state index in [9.17, 15) is 9.59 Å². The Kier molecular flexibility index (Phi) is 8.72. The summed E-state index contributed by atoms with van der Waals surface area (Å²) >= 11 is 0. The minimum atomic E-state index is 0. The third-order valence-corrected chi connectivity index (χ3v) is 5.70. The lowest BCUT2D eigenvalue weighted by Crippen LogP contribution is -2.48. The van der Waals surface area contributed by atoms with Gasteiger partial charge >= 0.3 is 0 Å². The first kappa shape index (κ1) is 23.7. The highest BCUT2D eigenvalue weighted by Crippen LogP contribution is 2.25. The van der Waals surface area contributed by atoms with Gasteiger partial charge in [-0.3, -0.25) is 9.59 Å². The van der Waals surface area contributed by atoms with Crippen LogP contribution in [0.3, 0.4) is 0 Å². The fourth-order valence-electron chi connectivity index (χ4n) is 3.91. The fourth-order valence-corrected chi connectivity index (χ4v) is 3.91. The average Bonchev–Trinajstić information content (AvgIpc) is 2.75. The van der Waals surface area contributed by atoms with Crippen LogP contribution in [0, 0.1) is 0 Å². The third-order valence-electron chi connectivity index (χ3n) is 5.70. The van der Waals surface area contributed by atoms with Crippen LogP contribution in [0.5, 0.6) is 0 Å². The van der Waals surface area contributed by atoms with Crippen LogP contribution in [0.15, 0.2) is 48.5 Å². The van der Waals surface area contributed by atoms with Gasteiger partial charge in [-0.2, -0.15) is 0 Å². The van der Waals surface area contributed by atoms with Gasteiger partial charge in [-0.15, -0.1) is 12.4 Å². The lowest BCUT2D eigenvalue weighted by Gasteiger charge is -2.36. The van der Waals surface area contributed by atoms with Crippen LogP contribution in [0.4, 0.5) is 5.69 Å². The summed E-state index contributed by atoms with van der Waals surface area (Å²) in [7, 11) is 0. The normalized spacial score (nSPS) is 13.6. The second-order valence-electron chi connectivity index (χ2n) is 7.47. The highest BCUT2D eigenvalue weighted by atomic mass is 35.5. The number of anilines is 1. The molecule has 5 nitrogen and oxygen atoms in total. The first-order chi connectivity index (χ1) is 14.0. The van der Waals surface area contributed by atoms with Gasteiger partial charge in [0.2, 0.25) is 5.91 Å². The van der Waals surface area contributed by atoms with E-state index in [1.165, 1.54) is 16.8 Å². The monoisotopic (exact) mass is 429 g/mol. The van der Waals surface area contributed by atoms with Crippen molar-refractivity contribution in [1.82, 2.24) is 9.80 Å². The average molecular weight is 430 g/mol. The van der Waals surface area contributed by atoms with Crippen molar-refractivity contribution in [3.8, 4) is 0 Å².